The van der Waals surface area contributed by atoms with E-state index in [1.807, 2.05) is 13.8 Å². The van der Waals surface area contributed by atoms with Gasteiger partial charge in [0, 0.05) is 5.92 Å². The van der Waals surface area contributed by atoms with Gasteiger partial charge in [-0.15, -0.1) is 0 Å². The number of aromatic nitrogens is 2. The number of nitrogens with zero attached hydrogens (tertiary/aromatic N) is 2. The van der Waals surface area contributed by atoms with Crippen LogP contribution in [0.25, 0.3) is 0 Å². The molecule has 1 aromatic heterocycles. The third-order valence-electron chi connectivity index (χ3n) is 3.70. The van der Waals surface area contributed by atoms with Gasteiger partial charge in [-0.3, -0.25) is 0 Å². The van der Waals surface area contributed by atoms with Crippen molar-refractivity contribution in [1.29, 1.82) is 0 Å². The van der Waals surface area contributed by atoms with Crippen LogP contribution in [0.15, 0.2) is 28.8 Å². The maximum atomic E-state index is 5.98. The minimum absolute atomic E-state index is 0.342. The zero-order chi connectivity index (χ0) is 13.5. The molecule has 0 spiro atoms. The summed E-state index contributed by atoms with van der Waals surface area (Å²) >= 11 is 0. The summed E-state index contributed by atoms with van der Waals surface area (Å²) in [4.78, 5) is 4.48. The Morgan fingerprint density at radius 2 is 2.00 bits per heavy atom. The molecule has 2 aromatic rings. The van der Waals surface area contributed by atoms with Gasteiger partial charge in [0.1, 0.15) is 0 Å². The maximum absolute atomic E-state index is 5.98. The number of rotatable bonds is 2. The van der Waals surface area contributed by atoms with Gasteiger partial charge in [-0.1, -0.05) is 29.4 Å². The van der Waals surface area contributed by atoms with Crippen LogP contribution in [0.1, 0.15) is 49.0 Å². The van der Waals surface area contributed by atoms with Crippen LogP contribution in [0.5, 0.6) is 0 Å². The van der Waals surface area contributed by atoms with E-state index in [0.717, 1.165) is 25.1 Å². The van der Waals surface area contributed by atoms with Crippen molar-refractivity contribution in [3.63, 3.8) is 0 Å². The summed E-state index contributed by atoms with van der Waals surface area (Å²) in [6, 6.07) is 8.58. The van der Waals surface area contributed by atoms with Crippen LogP contribution in [0.2, 0.25) is 0 Å². The first-order valence-electron chi connectivity index (χ1n) is 6.74. The van der Waals surface area contributed by atoms with Gasteiger partial charge in [0.25, 0.3) is 0 Å². The minimum Gasteiger partial charge on any atom is -0.337 e. The molecule has 19 heavy (non-hydrogen) atoms. The molecule has 1 heterocycles. The number of hydrogen-bond acceptors (Lipinski definition) is 4. The summed E-state index contributed by atoms with van der Waals surface area (Å²) in [5.74, 6) is 1.65. The van der Waals surface area contributed by atoms with Crippen LogP contribution < -0.4 is 5.73 Å². The average molecular weight is 257 g/mol. The molecule has 4 heteroatoms. The highest BCUT2D eigenvalue weighted by molar-refractivity contribution is 5.31. The molecule has 0 fully saturated rings. The van der Waals surface area contributed by atoms with E-state index in [1.165, 1.54) is 11.1 Å². The molecule has 0 bridgehead atoms. The van der Waals surface area contributed by atoms with Gasteiger partial charge < -0.3 is 10.3 Å². The summed E-state index contributed by atoms with van der Waals surface area (Å²) in [6.45, 7) is 3.75. The fraction of sp³-hybridized carbons (Fsp3) is 0.467. The van der Waals surface area contributed by atoms with E-state index >= 15 is 0 Å². The number of benzene rings is 1. The fourth-order valence-electron chi connectivity index (χ4n) is 2.58. The van der Waals surface area contributed by atoms with Crippen molar-refractivity contribution in [2.75, 3.05) is 0 Å². The average Bonchev–Trinajstić information content (AvgIpc) is 2.87. The number of hydrogen-bond donors (Lipinski definition) is 1. The summed E-state index contributed by atoms with van der Waals surface area (Å²) in [5.41, 5.74) is 8.25. The summed E-state index contributed by atoms with van der Waals surface area (Å²) in [7, 11) is 0. The van der Waals surface area contributed by atoms with E-state index in [0.29, 0.717) is 11.8 Å². The van der Waals surface area contributed by atoms with Gasteiger partial charge in [-0.05, 0) is 44.2 Å². The predicted octanol–water partition coefficient (Wildman–Crippen LogP) is 2.54. The molecule has 2 N–H and O–H groups in total. The smallest absolute Gasteiger partial charge is 0.246 e. The van der Waals surface area contributed by atoms with Crippen molar-refractivity contribution < 1.29 is 4.52 Å². The fourth-order valence-corrected chi connectivity index (χ4v) is 2.58. The van der Waals surface area contributed by atoms with Gasteiger partial charge in [0.2, 0.25) is 5.89 Å². The lowest BCUT2D eigenvalue weighted by Gasteiger charge is -2.21. The molecule has 0 aliphatic heterocycles. The molecule has 0 saturated heterocycles. The Hall–Kier alpha value is -1.68. The van der Waals surface area contributed by atoms with Crippen molar-refractivity contribution in [2.45, 2.75) is 44.6 Å². The van der Waals surface area contributed by atoms with Crippen molar-refractivity contribution in [1.82, 2.24) is 10.1 Å². The Morgan fingerprint density at radius 1 is 1.26 bits per heavy atom. The molecule has 1 aliphatic rings. The normalized spacial score (nSPS) is 19.2. The van der Waals surface area contributed by atoms with Crippen molar-refractivity contribution >= 4 is 0 Å². The molecule has 1 aliphatic carbocycles. The van der Waals surface area contributed by atoms with E-state index in [2.05, 4.69) is 34.4 Å². The van der Waals surface area contributed by atoms with Gasteiger partial charge in [-0.2, -0.15) is 4.98 Å². The molecule has 100 valence electrons. The zero-order valence-corrected chi connectivity index (χ0v) is 11.4. The molecule has 1 atom stereocenters. The first kappa shape index (κ1) is 12.4. The van der Waals surface area contributed by atoms with E-state index in [-0.39, 0.29) is 0 Å². The summed E-state index contributed by atoms with van der Waals surface area (Å²) < 4.78 is 5.28. The van der Waals surface area contributed by atoms with Crippen molar-refractivity contribution in [3.8, 4) is 0 Å². The zero-order valence-electron chi connectivity index (χ0n) is 11.4. The lowest BCUT2D eigenvalue weighted by Crippen LogP contribution is -2.29. The van der Waals surface area contributed by atoms with Gasteiger partial charge >= 0.3 is 0 Å². The molecule has 3 rings (SSSR count). The Labute approximate surface area is 113 Å². The first-order chi connectivity index (χ1) is 9.04. The lowest BCUT2D eigenvalue weighted by molar-refractivity contribution is 0.308. The quantitative estimate of drug-likeness (QED) is 0.898. The number of fused-ring (bicyclic) bond motifs is 1. The third kappa shape index (κ3) is 2.40. The number of nitrogens with two attached hydrogens (primary N) is 1. The molecule has 0 radical (unpaired) electrons. The van der Waals surface area contributed by atoms with Crippen LogP contribution in [0, 0.1) is 0 Å². The van der Waals surface area contributed by atoms with E-state index < -0.39 is 5.54 Å². The van der Waals surface area contributed by atoms with Gasteiger partial charge in [0.05, 0.1) is 5.54 Å². The van der Waals surface area contributed by atoms with Crippen LogP contribution in [-0.2, 0) is 18.4 Å². The molecule has 0 saturated carbocycles. The monoisotopic (exact) mass is 257 g/mol. The highest BCUT2D eigenvalue weighted by atomic mass is 16.5. The first-order valence-corrected chi connectivity index (χ1v) is 6.74. The second-order valence-electron chi connectivity index (χ2n) is 5.89. The number of aryl methyl sites for hydroxylation is 1. The standard InChI is InChI=1S/C15H19N3O/c1-15(2,16)14-17-13(18-19-14)12-8-7-10-5-3-4-6-11(10)9-12/h3-6,12H,7-9,16H2,1-2H3. The predicted molar refractivity (Wildman–Crippen MR) is 72.7 cm³/mol. The maximum Gasteiger partial charge on any atom is 0.246 e. The van der Waals surface area contributed by atoms with Gasteiger partial charge in [0.15, 0.2) is 5.82 Å². The Morgan fingerprint density at radius 3 is 2.68 bits per heavy atom. The van der Waals surface area contributed by atoms with Crippen molar-refractivity contribution in [2.24, 2.45) is 5.73 Å². The van der Waals surface area contributed by atoms with Crippen LogP contribution >= 0.6 is 0 Å². The SMILES string of the molecule is CC(C)(N)c1nc(C2CCc3ccccc3C2)no1. The molecular formula is C15H19N3O. The van der Waals surface area contributed by atoms with E-state index in [9.17, 15) is 0 Å². The molecule has 4 nitrogen and oxygen atoms in total. The molecular weight excluding hydrogens is 238 g/mol. The van der Waals surface area contributed by atoms with Gasteiger partial charge in [-0.25, -0.2) is 0 Å². The van der Waals surface area contributed by atoms with Crippen LogP contribution in [-0.4, -0.2) is 10.1 Å². The molecule has 1 unspecified atom stereocenters. The van der Waals surface area contributed by atoms with Crippen LogP contribution in [0.3, 0.4) is 0 Å². The summed E-state index contributed by atoms with van der Waals surface area (Å²) in [5, 5.41) is 4.11. The topological polar surface area (TPSA) is 64.9 Å². The van der Waals surface area contributed by atoms with Crippen LogP contribution in [0.4, 0.5) is 0 Å². The largest absolute Gasteiger partial charge is 0.337 e. The highest BCUT2D eigenvalue weighted by Crippen LogP contribution is 2.31. The second-order valence-corrected chi connectivity index (χ2v) is 5.89. The Balaban J connectivity index is 1.83. The molecule has 0 amide bonds. The lowest BCUT2D eigenvalue weighted by atomic mass is 9.83. The second kappa shape index (κ2) is 4.46. The Kier molecular flexibility index (Phi) is 2.90. The Bertz CT molecular complexity index is 583. The minimum atomic E-state index is -0.572. The molecule has 1 aromatic carbocycles. The van der Waals surface area contributed by atoms with E-state index in [1.54, 1.807) is 0 Å². The third-order valence-corrected chi connectivity index (χ3v) is 3.70. The highest BCUT2D eigenvalue weighted by Gasteiger charge is 2.27. The van der Waals surface area contributed by atoms with E-state index in [4.69, 9.17) is 10.3 Å². The van der Waals surface area contributed by atoms with Crippen molar-refractivity contribution in [3.05, 3.63) is 47.1 Å². The summed E-state index contributed by atoms with van der Waals surface area (Å²) in [6.07, 6.45) is 3.14.